The SMILES string of the molecule is Cc1ccc(C(O)C(O)C(N)=O)s1. The first-order valence-corrected chi connectivity index (χ1v) is 4.56. The van der Waals surface area contributed by atoms with Gasteiger partial charge in [-0.1, -0.05) is 0 Å². The fourth-order valence-electron chi connectivity index (χ4n) is 0.924. The monoisotopic (exact) mass is 201 g/mol. The molecule has 1 aromatic rings. The Hall–Kier alpha value is -0.910. The van der Waals surface area contributed by atoms with Gasteiger partial charge in [-0.25, -0.2) is 0 Å². The van der Waals surface area contributed by atoms with Crippen LogP contribution in [0.5, 0.6) is 0 Å². The van der Waals surface area contributed by atoms with E-state index in [0.717, 1.165) is 4.88 Å². The molecule has 2 atom stereocenters. The second-order valence-corrected chi connectivity index (χ2v) is 4.06. The molecule has 4 nitrogen and oxygen atoms in total. The van der Waals surface area contributed by atoms with Gasteiger partial charge in [-0.3, -0.25) is 4.79 Å². The summed E-state index contributed by atoms with van der Waals surface area (Å²) >= 11 is 1.32. The molecule has 1 amide bonds. The van der Waals surface area contributed by atoms with Gasteiger partial charge in [-0.15, -0.1) is 11.3 Å². The summed E-state index contributed by atoms with van der Waals surface area (Å²) in [5.74, 6) is -0.918. The van der Waals surface area contributed by atoms with Gasteiger partial charge in [0.1, 0.15) is 6.10 Å². The summed E-state index contributed by atoms with van der Waals surface area (Å²) in [4.78, 5) is 12.1. The number of aliphatic hydroxyl groups excluding tert-OH is 2. The maximum Gasteiger partial charge on any atom is 0.249 e. The van der Waals surface area contributed by atoms with Crippen LogP contribution in [0, 0.1) is 6.92 Å². The lowest BCUT2D eigenvalue weighted by Crippen LogP contribution is -2.33. The predicted molar refractivity (Wildman–Crippen MR) is 49.2 cm³/mol. The summed E-state index contributed by atoms with van der Waals surface area (Å²) < 4.78 is 0. The standard InChI is InChI=1S/C8H11NO3S/c1-4-2-3-5(13-4)6(10)7(11)8(9)12/h2-3,6-7,10-11H,1H3,(H2,9,12). The van der Waals surface area contributed by atoms with Crippen molar-refractivity contribution in [3.05, 3.63) is 21.9 Å². The molecule has 0 saturated heterocycles. The maximum absolute atomic E-state index is 10.5. The Morgan fingerprint density at radius 3 is 2.54 bits per heavy atom. The Kier molecular flexibility index (Phi) is 3.02. The minimum atomic E-state index is -1.53. The van der Waals surface area contributed by atoms with Gasteiger partial charge in [0.15, 0.2) is 6.10 Å². The van der Waals surface area contributed by atoms with Crippen molar-refractivity contribution in [3.8, 4) is 0 Å². The maximum atomic E-state index is 10.5. The highest BCUT2D eigenvalue weighted by Crippen LogP contribution is 2.24. The summed E-state index contributed by atoms with van der Waals surface area (Å²) in [6.45, 7) is 1.87. The summed E-state index contributed by atoms with van der Waals surface area (Å²) in [6.07, 6.45) is -2.74. The van der Waals surface area contributed by atoms with Gasteiger partial charge in [0.05, 0.1) is 0 Å². The second-order valence-electron chi connectivity index (χ2n) is 2.74. The van der Waals surface area contributed by atoms with E-state index in [1.165, 1.54) is 11.3 Å². The van der Waals surface area contributed by atoms with Crippen molar-refractivity contribution in [2.75, 3.05) is 0 Å². The highest BCUT2D eigenvalue weighted by atomic mass is 32.1. The number of carbonyl (C=O) groups is 1. The van der Waals surface area contributed by atoms with Crippen LogP contribution >= 0.6 is 11.3 Å². The molecule has 0 saturated carbocycles. The fraction of sp³-hybridized carbons (Fsp3) is 0.375. The molecular weight excluding hydrogens is 190 g/mol. The number of nitrogens with two attached hydrogens (primary N) is 1. The van der Waals surface area contributed by atoms with E-state index in [9.17, 15) is 9.90 Å². The first-order chi connectivity index (χ1) is 6.02. The number of rotatable bonds is 3. The number of aliphatic hydroxyl groups is 2. The Labute approximate surface area is 79.6 Å². The molecule has 5 heteroatoms. The number of hydrogen-bond donors (Lipinski definition) is 3. The van der Waals surface area contributed by atoms with E-state index < -0.39 is 18.1 Å². The first-order valence-electron chi connectivity index (χ1n) is 3.74. The van der Waals surface area contributed by atoms with E-state index >= 15 is 0 Å². The summed E-state index contributed by atoms with van der Waals surface area (Å²) in [5, 5.41) is 18.6. The molecule has 1 rings (SSSR count). The van der Waals surface area contributed by atoms with Crippen LogP contribution in [0.4, 0.5) is 0 Å². The minimum absolute atomic E-state index is 0.545. The normalized spacial score (nSPS) is 15.3. The van der Waals surface area contributed by atoms with Gasteiger partial charge in [0, 0.05) is 9.75 Å². The largest absolute Gasteiger partial charge is 0.384 e. The summed E-state index contributed by atoms with van der Waals surface area (Å²) in [5.41, 5.74) is 4.84. The molecule has 13 heavy (non-hydrogen) atoms. The summed E-state index contributed by atoms with van der Waals surface area (Å²) in [7, 11) is 0. The van der Waals surface area contributed by atoms with Crippen LogP contribution in [0.25, 0.3) is 0 Å². The van der Waals surface area contributed by atoms with Crippen molar-refractivity contribution in [3.63, 3.8) is 0 Å². The number of thiophene rings is 1. The third kappa shape index (κ3) is 2.27. The Bertz CT molecular complexity index is 310. The van der Waals surface area contributed by atoms with Crippen molar-refractivity contribution < 1.29 is 15.0 Å². The molecule has 0 spiro atoms. The van der Waals surface area contributed by atoms with Gasteiger partial charge < -0.3 is 15.9 Å². The quantitative estimate of drug-likeness (QED) is 0.640. The van der Waals surface area contributed by atoms with Gasteiger partial charge in [-0.2, -0.15) is 0 Å². The predicted octanol–water partition coefficient (Wildman–Crippen LogP) is -0.0639. The van der Waals surface area contributed by atoms with E-state index in [4.69, 9.17) is 10.8 Å². The molecule has 0 aliphatic rings. The molecule has 0 aliphatic heterocycles. The first kappa shape index (κ1) is 10.2. The fourth-order valence-corrected chi connectivity index (χ4v) is 1.82. The molecule has 0 aliphatic carbocycles. The average Bonchev–Trinajstić information content (AvgIpc) is 2.49. The smallest absolute Gasteiger partial charge is 0.249 e. The van der Waals surface area contributed by atoms with Crippen LogP contribution < -0.4 is 5.73 Å². The highest BCUT2D eigenvalue weighted by Gasteiger charge is 2.24. The van der Waals surface area contributed by atoms with Gasteiger partial charge in [-0.05, 0) is 19.1 Å². The van der Waals surface area contributed by atoms with Crippen LogP contribution in [0.3, 0.4) is 0 Å². The third-order valence-electron chi connectivity index (χ3n) is 1.64. The molecule has 0 aromatic carbocycles. The average molecular weight is 201 g/mol. The zero-order valence-electron chi connectivity index (χ0n) is 7.10. The number of primary amides is 1. The zero-order chi connectivity index (χ0) is 10.0. The Morgan fingerprint density at radius 1 is 1.54 bits per heavy atom. The van der Waals surface area contributed by atoms with Crippen LogP contribution in [0.1, 0.15) is 15.9 Å². The molecule has 1 aromatic heterocycles. The van der Waals surface area contributed by atoms with Crippen LogP contribution in [0.2, 0.25) is 0 Å². The Morgan fingerprint density at radius 2 is 2.15 bits per heavy atom. The van der Waals surface area contributed by atoms with Crippen molar-refractivity contribution in [1.82, 2.24) is 0 Å². The number of aryl methyl sites for hydroxylation is 1. The van der Waals surface area contributed by atoms with Gasteiger partial charge >= 0.3 is 0 Å². The Balaban J connectivity index is 2.78. The van der Waals surface area contributed by atoms with E-state index in [-0.39, 0.29) is 0 Å². The van der Waals surface area contributed by atoms with Crippen molar-refractivity contribution in [2.24, 2.45) is 5.73 Å². The van der Waals surface area contributed by atoms with Crippen LogP contribution in [-0.2, 0) is 4.79 Å². The second kappa shape index (κ2) is 3.87. The molecule has 0 radical (unpaired) electrons. The lowest BCUT2D eigenvalue weighted by atomic mass is 10.1. The van der Waals surface area contributed by atoms with Gasteiger partial charge in [0.25, 0.3) is 0 Å². The number of carbonyl (C=O) groups excluding carboxylic acids is 1. The highest BCUT2D eigenvalue weighted by molar-refractivity contribution is 7.12. The zero-order valence-corrected chi connectivity index (χ0v) is 7.91. The molecule has 1 heterocycles. The van der Waals surface area contributed by atoms with Crippen molar-refractivity contribution >= 4 is 17.2 Å². The summed E-state index contributed by atoms with van der Waals surface area (Å²) in [6, 6.07) is 3.47. The third-order valence-corrected chi connectivity index (χ3v) is 2.71. The molecule has 72 valence electrons. The van der Waals surface area contributed by atoms with E-state index in [1.54, 1.807) is 12.1 Å². The van der Waals surface area contributed by atoms with Gasteiger partial charge in [0.2, 0.25) is 5.91 Å². The molecule has 0 bridgehead atoms. The number of amides is 1. The van der Waals surface area contributed by atoms with E-state index in [0.29, 0.717) is 4.88 Å². The molecule has 0 fully saturated rings. The van der Waals surface area contributed by atoms with Crippen LogP contribution in [0.15, 0.2) is 12.1 Å². The lowest BCUT2D eigenvalue weighted by molar-refractivity contribution is -0.131. The molecular formula is C8H11NO3S. The molecule has 2 unspecified atom stereocenters. The van der Waals surface area contributed by atoms with E-state index in [2.05, 4.69) is 0 Å². The van der Waals surface area contributed by atoms with E-state index in [1.807, 2.05) is 6.92 Å². The number of hydrogen-bond acceptors (Lipinski definition) is 4. The minimum Gasteiger partial charge on any atom is -0.384 e. The van der Waals surface area contributed by atoms with Crippen LogP contribution in [-0.4, -0.2) is 22.2 Å². The topological polar surface area (TPSA) is 83.6 Å². The van der Waals surface area contributed by atoms with Crippen molar-refractivity contribution in [2.45, 2.75) is 19.1 Å². The molecule has 4 N–H and O–H groups in total. The lowest BCUT2D eigenvalue weighted by Gasteiger charge is -2.12. The van der Waals surface area contributed by atoms with Crippen molar-refractivity contribution in [1.29, 1.82) is 0 Å².